The van der Waals surface area contributed by atoms with E-state index in [1.54, 1.807) is 11.3 Å². The lowest BCUT2D eigenvalue weighted by Crippen LogP contribution is -2.34. The maximum absolute atomic E-state index is 5.33. The Balaban J connectivity index is 1.79. The second-order valence-electron chi connectivity index (χ2n) is 4.27. The van der Waals surface area contributed by atoms with Crippen LogP contribution in [0.2, 0.25) is 0 Å². The van der Waals surface area contributed by atoms with Crippen LogP contribution in [0, 0.1) is 0 Å². The first-order valence-corrected chi connectivity index (χ1v) is 6.50. The topological polar surface area (TPSA) is 37.4 Å². The van der Waals surface area contributed by atoms with E-state index < -0.39 is 0 Å². The van der Waals surface area contributed by atoms with E-state index >= 15 is 0 Å². The Morgan fingerprint density at radius 2 is 2.25 bits per heavy atom. The number of aromatic nitrogens is 1. The van der Waals surface area contributed by atoms with Gasteiger partial charge < -0.3 is 15.0 Å². The Morgan fingerprint density at radius 1 is 1.50 bits per heavy atom. The molecule has 2 heterocycles. The number of hydrogen-bond acceptors (Lipinski definition) is 5. The lowest BCUT2D eigenvalue weighted by atomic mass is 10.1. The fraction of sp³-hybridized carbons (Fsp3) is 0.727. The van der Waals surface area contributed by atoms with Gasteiger partial charge in [-0.1, -0.05) is 0 Å². The summed E-state index contributed by atoms with van der Waals surface area (Å²) in [4.78, 5) is 7.70. The zero-order chi connectivity index (χ0) is 11.4. The summed E-state index contributed by atoms with van der Waals surface area (Å²) in [5, 5.41) is 4.63. The minimum absolute atomic E-state index is 0.610. The van der Waals surface area contributed by atoms with E-state index in [2.05, 4.69) is 10.3 Å². The molecule has 0 radical (unpaired) electrons. The summed E-state index contributed by atoms with van der Waals surface area (Å²) in [5.74, 6) is 0. The van der Waals surface area contributed by atoms with Crippen molar-refractivity contribution in [3.05, 3.63) is 11.1 Å². The molecular weight excluding hydrogens is 222 g/mol. The van der Waals surface area contributed by atoms with Crippen molar-refractivity contribution in [2.24, 2.45) is 0 Å². The van der Waals surface area contributed by atoms with Crippen molar-refractivity contribution in [1.29, 1.82) is 0 Å². The van der Waals surface area contributed by atoms with E-state index in [4.69, 9.17) is 4.74 Å². The standard InChI is InChI=1S/C11H19N3OS/c1-14(2)11-13-8-10(16-11)7-12-9-3-5-15-6-4-9/h8-9,12H,3-7H2,1-2H3. The third-order valence-electron chi connectivity index (χ3n) is 2.71. The first kappa shape index (κ1) is 11.8. The van der Waals surface area contributed by atoms with Crippen molar-refractivity contribution < 1.29 is 4.74 Å². The minimum Gasteiger partial charge on any atom is -0.381 e. The van der Waals surface area contributed by atoms with E-state index in [1.165, 1.54) is 4.88 Å². The number of nitrogens with zero attached hydrogens (tertiary/aromatic N) is 2. The summed E-state index contributed by atoms with van der Waals surface area (Å²) in [6.07, 6.45) is 4.21. The van der Waals surface area contributed by atoms with Crippen LogP contribution < -0.4 is 10.2 Å². The van der Waals surface area contributed by atoms with Gasteiger partial charge in [0.25, 0.3) is 0 Å². The third kappa shape index (κ3) is 3.17. The summed E-state index contributed by atoms with van der Waals surface area (Å²) in [5.41, 5.74) is 0. The third-order valence-corrected chi connectivity index (χ3v) is 3.88. The maximum Gasteiger partial charge on any atom is 0.185 e. The molecule has 4 nitrogen and oxygen atoms in total. The quantitative estimate of drug-likeness (QED) is 0.866. The van der Waals surface area contributed by atoms with Gasteiger partial charge in [-0.25, -0.2) is 4.98 Å². The smallest absolute Gasteiger partial charge is 0.185 e. The normalized spacial score (nSPS) is 17.6. The van der Waals surface area contributed by atoms with Crippen molar-refractivity contribution >= 4 is 16.5 Å². The summed E-state index contributed by atoms with van der Waals surface area (Å²) in [6.45, 7) is 2.71. The van der Waals surface area contributed by atoms with Gasteiger partial charge in [0.15, 0.2) is 5.13 Å². The van der Waals surface area contributed by atoms with Gasteiger partial charge in [0, 0.05) is 51.0 Å². The molecule has 1 aliphatic heterocycles. The molecule has 0 aromatic carbocycles. The average Bonchev–Trinajstić information content (AvgIpc) is 2.76. The molecule has 0 saturated carbocycles. The highest BCUT2D eigenvalue weighted by molar-refractivity contribution is 7.15. The summed E-state index contributed by atoms with van der Waals surface area (Å²) in [6, 6.07) is 0.610. The number of anilines is 1. The lowest BCUT2D eigenvalue weighted by molar-refractivity contribution is 0.0777. The first-order valence-electron chi connectivity index (χ1n) is 5.69. The van der Waals surface area contributed by atoms with Gasteiger partial charge in [0.2, 0.25) is 0 Å². The molecule has 1 fully saturated rings. The molecule has 0 aliphatic carbocycles. The van der Waals surface area contributed by atoms with Gasteiger partial charge in [0.05, 0.1) is 0 Å². The molecule has 1 saturated heterocycles. The predicted octanol–water partition coefficient (Wildman–Crippen LogP) is 1.48. The van der Waals surface area contributed by atoms with Gasteiger partial charge in [-0.05, 0) is 12.8 Å². The predicted molar refractivity (Wildman–Crippen MR) is 67.1 cm³/mol. The molecule has 0 unspecified atom stereocenters. The molecule has 5 heteroatoms. The van der Waals surface area contributed by atoms with Gasteiger partial charge in [-0.2, -0.15) is 0 Å². The Labute approximate surface area is 101 Å². The zero-order valence-electron chi connectivity index (χ0n) is 9.90. The molecular formula is C11H19N3OS. The first-order chi connectivity index (χ1) is 7.75. The van der Waals surface area contributed by atoms with Crippen LogP contribution in [0.5, 0.6) is 0 Å². The van der Waals surface area contributed by atoms with E-state index in [0.717, 1.165) is 37.7 Å². The SMILES string of the molecule is CN(C)c1ncc(CNC2CCOCC2)s1. The van der Waals surface area contributed by atoms with E-state index in [1.807, 2.05) is 25.2 Å². The number of thiazole rings is 1. The Morgan fingerprint density at radius 3 is 2.88 bits per heavy atom. The maximum atomic E-state index is 5.33. The van der Waals surface area contributed by atoms with Crippen molar-refractivity contribution in [2.45, 2.75) is 25.4 Å². The molecule has 1 aromatic rings. The van der Waals surface area contributed by atoms with Gasteiger partial charge in [-0.15, -0.1) is 11.3 Å². The van der Waals surface area contributed by atoms with Gasteiger partial charge in [-0.3, -0.25) is 0 Å². The van der Waals surface area contributed by atoms with Crippen molar-refractivity contribution in [3.8, 4) is 0 Å². The number of ether oxygens (including phenoxy) is 1. The van der Waals surface area contributed by atoms with Crippen LogP contribution in [-0.4, -0.2) is 38.3 Å². The van der Waals surface area contributed by atoms with Gasteiger partial charge >= 0.3 is 0 Å². The van der Waals surface area contributed by atoms with Gasteiger partial charge in [0.1, 0.15) is 0 Å². The molecule has 0 atom stereocenters. The molecule has 0 bridgehead atoms. The molecule has 0 amide bonds. The Kier molecular flexibility index (Phi) is 4.15. The number of rotatable bonds is 4. The summed E-state index contributed by atoms with van der Waals surface area (Å²) < 4.78 is 5.33. The van der Waals surface area contributed by atoms with Crippen LogP contribution in [0.25, 0.3) is 0 Å². The van der Waals surface area contributed by atoms with Crippen LogP contribution in [0.3, 0.4) is 0 Å². The highest BCUT2D eigenvalue weighted by Crippen LogP contribution is 2.20. The summed E-state index contributed by atoms with van der Waals surface area (Å²) >= 11 is 1.75. The number of hydrogen-bond donors (Lipinski definition) is 1. The van der Waals surface area contributed by atoms with Crippen LogP contribution in [0.1, 0.15) is 17.7 Å². The van der Waals surface area contributed by atoms with Crippen molar-refractivity contribution in [2.75, 3.05) is 32.2 Å². The molecule has 2 rings (SSSR count). The van der Waals surface area contributed by atoms with Crippen LogP contribution in [-0.2, 0) is 11.3 Å². The van der Waals surface area contributed by atoms with Crippen LogP contribution >= 0.6 is 11.3 Å². The minimum atomic E-state index is 0.610. The number of nitrogens with one attached hydrogen (secondary N) is 1. The highest BCUT2D eigenvalue weighted by Gasteiger charge is 2.13. The summed E-state index contributed by atoms with van der Waals surface area (Å²) in [7, 11) is 4.04. The van der Waals surface area contributed by atoms with Crippen molar-refractivity contribution in [1.82, 2.24) is 10.3 Å². The lowest BCUT2D eigenvalue weighted by Gasteiger charge is -2.22. The second-order valence-corrected chi connectivity index (χ2v) is 5.36. The largest absolute Gasteiger partial charge is 0.381 e. The van der Waals surface area contributed by atoms with E-state index in [9.17, 15) is 0 Å². The molecule has 16 heavy (non-hydrogen) atoms. The Bertz CT molecular complexity index is 321. The van der Waals surface area contributed by atoms with Crippen molar-refractivity contribution in [3.63, 3.8) is 0 Å². The highest BCUT2D eigenvalue weighted by atomic mass is 32.1. The van der Waals surface area contributed by atoms with Crippen LogP contribution in [0.15, 0.2) is 6.20 Å². The zero-order valence-corrected chi connectivity index (χ0v) is 10.7. The Hall–Kier alpha value is -0.650. The monoisotopic (exact) mass is 241 g/mol. The molecule has 90 valence electrons. The fourth-order valence-electron chi connectivity index (χ4n) is 1.73. The van der Waals surface area contributed by atoms with E-state index in [-0.39, 0.29) is 0 Å². The second kappa shape index (κ2) is 5.61. The molecule has 0 spiro atoms. The van der Waals surface area contributed by atoms with Crippen LogP contribution in [0.4, 0.5) is 5.13 Å². The fourth-order valence-corrected chi connectivity index (χ4v) is 2.52. The molecule has 1 aliphatic rings. The molecule has 1 N–H and O–H groups in total. The average molecular weight is 241 g/mol. The molecule has 1 aromatic heterocycles. The van der Waals surface area contributed by atoms with E-state index in [0.29, 0.717) is 6.04 Å².